The summed E-state index contributed by atoms with van der Waals surface area (Å²) in [4.78, 5) is 23.5. The molecule has 6 heteroatoms. The fraction of sp³-hybridized carbons (Fsp3) is 0.286. The fourth-order valence-electron chi connectivity index (χ4n) is 2.69. The number of aromatic hydroxyl groups is 1. The van der Waals surface area contributed by atoms with Gasteiger partial charge < -0.3 is 20.3 Å². The van der Waals surface area contributed by atoms with E-state index < -0.39 is 30.0 Å². The number of hydrogen-bond acceptors (Lipinski definition) is 4. The molecular weight excluding hydrogens is 262 g/mol. The Labute approximate surface area is 114 Å². The lowest BCUT2D eigenvalue weighted by molar-refractivity contribution is -0.145. The number of rotatable bonds is 3. The van der Waals surface area contributed by atoms with E-state index in [2.05, 4.69) is 5.32 Å². The zero-order valence-corrected chi connectivity index (χ0v) is 10.4. The molecule has 1 saturated heterocycles. The predicted molar refractivity (Wildman–Crippen MR) is 69.2 cm³/mol. The van der Waals surface area contributed by atoms with Crippen molar-refractivity contribution in [2.45, 2.75) is 12.2 Å². The maximum atomic E-state index is 12.3. The van der Waals surface area contributed by atoms with Gasteiger partial charge in [0.25, 0.3) is 0 Å². The molecule has 4 atom stereocenters. The number of carbonyl (C=O) groups excluding carboxylic acids is 1. The van der Waals surface area contributed by atoms with Gasteiger partial charge in [0.1, 0.15) is 11.7 Å². The normalized spacial score (nSPS) is 30.4. The highest BCUT2D eigenvalue weighted by atomic mass is 16.5. The lowest BCUT2D eigenvalue weighted by Gasteiger charge is -2.20. The maximum absolute atomic E-state index is 12.3. The number of anilines is 1. The molecule has 3 rings (SSSR count). The fourth-order valence-corrected chi connectivity index (χ4v) is 2.69. The molecule has 1 amide bonds. The largest absolute Gasteiger partial charge is 0.508 e. The molecule has 0 radical (unpaired) electrons. The Morgan fingerprint density at radius 1 is 1.05 bits per heavy atom. The third-order valence-corrected chi connectivity index (χ3v) is 3.62. The highest BCUT2D eigenvalue weighted by Crippen LogP contribution is 2.39. The summed E-state index contributed by atoms with van der Waals surface area (Å²) in [6.07, 6.45) is 2.39. The molecule has 20 heavy (non-hydrogen) atoms. The van der Waals surface area contributed by atoms with E-state index in [1.54, 1.807) is 24.3 Å². The van der Waals surface area contributed by atoms with Crippen molar-refractivity contribution in [3.63, 3.8) is 0 Å². The number of hydrogen-bond donors (Lipinski definition) is 3. The van der Waals surface area contributed by atoms with E-state index in [1.807, 2.05) is 0 Å². The Balaban J connectivity index is 1.78. The number of benzene rings is 1. The van der Waals surface area contributed by atoms with Crippen LogP contribution < -0.4 is 5.32 Å². The van der Waals surface area contributed by atoms with E-state index in [4.69, 9.17) is 4.74 Å². The first-order chi connectivity index (χ1) is 9.56. The number of carboxylic acids is 1. The SMILES string of the molecule is O=C(O)[C@@H]1[C@H](C(=O)Nc2ccc(O)cc2)[C@H]2C=C[C@@H]1O2. The van der Waals surface area contributed by atoms with Crippen LogP contribution in [-0.4, -0.2) is 34.3 Å². The summed E-state index contributed by atoms with van der Waals surface area (Å²) in [6.45, 7) is 0. The Hall–Kier alpha value is -2.34. The van der Waals surface area contributed by atoms with Crippen LogP contribution in [0.1, 0.15) is 0 Å². The maximum Gasteiger partial charge on any atom is 0.310 e. The summed E-state index contributed by atoms with van der Waals surface area (Å²) in [5, 5.41) is 21.1. The zero-order valence-electron chi connectivity index (χ0n) is 10.4. The van der Waals surface area contributed by atoms with E-state index in [0.29, 0.717) is 5.69 Å². The second-order valence-corrected chi connectivity index (χ2v) is 4.88. The van der Waals surface area contributed by atoms with E-state index in [9.17, 15) is 19.8 Å². The van der Waals surface area contributed by atoms with Gasteiger partial charge in [0, 0.05) is 5.69 Å². The summed E-state index contributed by atoms with van der Waals surface area (Å²) >= 11 is 0. The van der Waals surface area contributed by atoms with E-state index in [1.165, 1.54) is 12.1 Å². The number of carboxylic acid groups (broad SMARTS) is 1. The predicted octanol–water partition coefficient (Wildman–Crippen LogP) is 0.985. The van der Waals surface area contributed by atoms with Gasteiger partial charge in [-0.2, -0.15) is 0 Å². The molecule has 0 spiro atoms. The molecule has 2 bridgehead atoms. The molecule has 3 N–H and O–H groups in total. The van der Waals surface area contributed by atoms with Gasteiger partial charge in [-0.15, -0.1) is 0 Å². The van der Waals surface area contributed by atoms with Crippen molar-refractivity contribution in [3.05, 3.63) is 36.4 Å². The molecule has 2 aliphatic heterocycles. The van der Waals surface area contributed by atoms with Crippen LogP contribution in [-0.2, 0) is 14.3 Å². The monoisotopic (exact) mass is 275 g/mol. The topological polar surface area (TPSA) is 95.9 Å². The van der Waals surface area contributed by atoms with E-state index in [-0.39, 0.29) is 11.7 Å². The van der Waals surface area contributed by atoms with Crippen molar-refractivity contribution in [1.29, 1.82) is 0 Å². The molecule has 2 aliphatic rings. The molecule has 0 aromatic heterocycles. The molecule has 6 nitrogen and oxygen atoms in total. The smallest absolute Gasteiger partial charge is 0.310 e. The molecule has 1 fully saturated rings. The van der Waals surface area contributed by atoms with Gasteiger partial charge in [-0.3, -0.25) is 9.59 Å². The zero-order chi connectivity index (χ0) is 14.3. The average Bonchev–Trinajstić information content (AvgIpc) is 3.01. The van der Waals surface area contributed by atoms with Crippen molar-refractivity contribution < 1.29 is 24.5 Å². The van der Waals surface area contributed by atoms with Crippen molar-refractivity contribution in [2.75, 3.05) is 5.32 Å². The summed E-state index contributed by atoms with van der Waals surface area (Å²) in [5.41, 5.74) is 0.503. The Morgan fingerprint density at radius 3 is 2.25 bits per heavy atom. The number of phenols is 1. The van der Waals surface area contributed by atoms with Gasteiger partial charge in [-0.1, -0.05) is 12.2 Å². The van der Waals surface area contributed by atoms with Crippen LogP contribution in [0.15, 0.2) is 36.4 Å². The average molecular weight is 275 g/mol. The van der Waals surface area contributed by atoms with Crippen LogP contribution in [0.5, 0.6) is 5.75 Å². The Bertz CT molecular complexity index is 580. The van der Waals surface area contributed by atoms with Gasteiger partial charge in [-0.25, -0.2) is 0 Å². The summed E-state index contributed by atoms with van der Waals surface area (Å²) in [6, 6.07) is 5.99. The molecule has 104 valence electrons. The highest BCUT2D eigenvalue weighted by Gasteiger charge is 2.53. The van der Waals surface area contributed by atoms with Crippen molar-refractivity contribution in [1.82, 2.24) is 0 Å². The number of carbonyl (C=O) groups is 2. The van der Waals surface area contributed by atoms with Gasteiger partial charge in [0.2, 0.25) is 5.91 Å². The first-order valence-electron chi connectivity index (χ1n) is 6.23. The molecule has 0 aliphatic carbocycles. The Morgan fingerprint density at radius 2 is 1.65 bits per heavy atom. The minimum absolute atomic E-state index is 0.0950. The number of aliphatic carboxylic acids is 1. The summed E-state index contributed by atoms with van der Waals surface area (Å²) in [7, 11) is 0. The van der Waals surface area contributed by atoms with Crippen LogP contribution in [0, 0.1) is 11.8 Å². The molecule has 0 saturated carbocycles. The Kier molecular flexibility index (Phi) is 2.94. The first-order valence-corrected chi connectivity index (χ1v) is 6.23. The van der Waals surface area contributed by atoms with Gasteiger partial charge in [-0.05, 0) is 24.3 Å². The summed E-state index contributed by atoms with van der Waals surface area (Å²) < 4.78 is 5.44. The standard InChI is InChI=1S/C14H13NO5/c16-8-3-1-7(2-4-8)15-13(17)11-9-5-6-10(20-9)12(11)14(18)19/h1-6,9-12,16H,(H,15,17)(H,18,19)/t9-,10+,11-,12+/m1/s1. The number of phenolic OH excluding ortho intramolecular Hbond substituents is 1. The van der Waals surface area contributed by atoms with Gasteiger partial charge in [0.15, 0.2) is 0 Å². The lowest BCUT2D eigenvalue weighted by Crippen LogP contribution is -2.39. The number of fused-ring (bicyclic) bond motifs is 2. The quantitative estimate of drug-likeness (QED) is 0.564. The van der Waals surface area contributed by atoms with Crippen molar-refractivity contribution in [3.8, 4) is 5.75 Å². The third kappa shape index (κ3) is 2.04. The van der Waals surface area contributed by atoms with Gasteiger partial charge >= 0.3 is 5.97 Å². The molecule has 2 heterocycles. The number of ether oxygens (including phenoxy) is 1. The van der Waals surface area contributed by atoms with Crippen molar-refractivity contribution in [2.24, 2.45) is 11.8 Å². The van der Waals surface area contributed by atoms with Gasteiger partial charge in [0.05, 0.1) is 18.1 Å². The molecule has 1 aromatic rings. The van der Waals surface area contributed by atoms with Crippen LogP contribution in [0.4, 0.5) is 5.69 Å². The van der Waals surface area contributed by atoms with Crippen LogP contribution in [0.25, 0.3) is 0 Å². The first kappa shape index (κ1) is 12.7. The van der Waals surface area contributed by atoms with E-state index >= 15 is 0 Å². The third-order valence-electron chi connectivity index (χ3n) is 3.62. The molecule has 1 aromatic carbocycles. The second kappa shape index (κ2) is 4.64. The van der Waals surface area contributed by atoms with Crippen LogP contribution in [0.3, 0.4) is 0 Å². The van der Waals surface area contributed by atoms with Crippen molar-refractivity contribution >= 4 is 17.6 Å². The second-order valence-electron chi connectivity index (χ2n) is 4.88. The number of nitrogens with one attached hydrogen (secondary N) is 1. The highest BCUT2D eigenvalue weighted by molar-refractivity contribution is 5.96. The summed E-state index contributed by atoms with van der Waals surface area (Å²) in [5.74, 6) is -2.93. The molecular formula is C14H13NO5. The van der Waals surface area contributed by atoms with Crippen LogP contribution in [0.2, 0.25) is 0 Å². The minimum Gasteiger partial charge on any atom is -0.508 e. The lowest BCUT2D eigenvalue weighted by atomic mass is 9.82. The van der Waals surface area contributed by atoms with E-state index in [0.717, 1.165) is 0 Å². The number of amides is 1. The minimum atomic E-state index is -1.03. The molecule has 0 unspecified atom stereocenters. The van der Waals surface area contributed by atoms with Crippen LogP contribution >= 0.6 is 0 Å².